The number of carboxylic acids is 1. The number of hydrogen-bond acceptors (Lipinski definition) is 20. The number of nitrogens with one attached hydrogen (secondary N) is 11. The predicted octanol–water partition coefficient (Wildman–Crippen LogP) is -6.51. The van der Waals surface area contributed by atoms with Gasteiger partial charge in [-0.25, -0.2) is 0 Å². The fourth-order valence-electron chi connectivity index (χ4n) is 11.0. The Kier molecular flexibility index (Phi) is 37.0. The summed E-state index contributed by atoms with van der Waals surface area (Å²) in [5.41, 5.74) is 40.6. The molecule has 2 aromatic carbocycles. The van der Waals surface area contributed by atoms with Gasteiger partial charge in [0.25, 0.3) is 0 Å². The third kappa shape index (κ3) is 31.6. The molecule has 0 spiro atoms. The molecule has 0 bridgehead atoms. The number of carboxylic acid groups (broad SMARTS) is 1. The van der Waals surface area contributed by atoms with Crippen molar-refractivity contribution in [3.8, 4) is 5.75 Å². The van der Waals surface area contributed by atoms with Crippen molar-refractivity contribution < 1.29 is 77.3 Å². The number of benzene rings is 2. The SMILES string of the molecule is CC(C)C[C@@H]1NC(=O)[C@H](Cc2ccc(O)cc2)NC(=O)CSC[C@@H](C(N)=O)NC(=O)CNC(=O)CNC(=O)[C@H](CCCN=C(N)N)NC(=O)[C@H](CC(=O)O)NC(=O)[C@H](CCCCN)NC(=O)[C@@H]2CCCN2C(=O)[C@H](CCCN=C(N)N)NC(=O)[C@H](Cc2ccccc2)NC(=O)[C@H](CCCN)NC1=O. The minimum Gasteiger partial charge on any atom is -0.508 e. The predicted molar refractivity (Wildman–Crippen MR) is 379 cm³/mol. The van der Waals surface area contributed by atoms with Crippen molar-refractivity contribution in [3.63, 3.8) is 0 Å². The largest absolute Gasteiger partial charge is 0.508 e. The molecular weight excluding hydrogens is 1360 g/mol. The average Bonchev–Trinajstić information content (AvgIpc) is 1.76. The van der Waals surface area contributed by atoms with E-state index in [9.17, 15) is 72.5 Å². The van der Waals surface area contributed by atoms with Crippen molar-refractivity contribution >= 4 is 106 Å². The third-order valence-corrected chi connectivity index (χ3v) is 17.3. The number of fused-ring (bicyclic) bond motifs is 1. The van der Waals surface area contributed by atoms with E-state index in [1.807, 2.05) is 0 Å². The molecule has 0 aromatic heterocycles. The summed E-state index contributed by atoms with van der Waals surface area (Å²) in [5, 5.41) is 48.0. The number of aliphatic carboxylic acids is 1. The number of nitrogens with zero attached hydrogens (tertiary/aromatic N) is 3. The Hall–Kier alpha value is -10.4. The lowest BCUT2D eigenvalue weighted by Gasteiger charge is -2.31. The molecule has 10 atom stereocenters. The van der Waals surface area contributed by atoms with Crippen LogP contribution in [-0.2, 0) is 80.0 Å². The second kappa shape index (κ2) is 44.8. The number of aliphatic imine (C=N–C) groups is 2. The Morgan fingerprint density at radius 3 is 1.57 bits per heavy atom. The Bertz CT molecular complexity index is 3290. The van der Waals surface area contributed by atoms with Crippen molar-refractivity contribution in [2.45, 2.75) is 171 Å². The molecule has 0 saturated carbocycles. The smallest absolute Gasteiger partial charge is 0.305 e. The van der Waals surface area contributed by atoms with Crippen LogP contribution in [0, 0.1) is 5.92 Å². The molecule has 2 aromatic rings. The minimum atomic E-state index is -1.91. The lowest BCUT2D eigenvalue weighted by atomic mass is 10.00. The maximum Gasteiger partial charge on any atom is 0.305 e. The van der Waals surface area contributed by atoms with E-state index >= 15 is 4.79 Å². The van der Waals surface area contributed by atoms with Crippen LogP contribution in [0.4, 0.5) is 0 Å². The van der Waals surface area contributed by atoms with E-state index in [-0.39, 0.29) is 146 Å². The quantitative estimate of drug-likeness (QED) is 0.0264. The van der Waals surface area contributed by atoms with Gasteiger partial charge in [-0.1, -0.05) is 56.3 Å². The zero-order valence-electron chi connectivity index (χ0n) is 57.9. The molecule has 0 unspecified atom stereocenters. The highest BCUT2D eigenvalue weighted by Gasteiger charge is 2.41. The van der Waals surface area contributed by atoms with Crippen LogP contribution in [0.5, 0.6) is 5.75 Å². The molecule has 4 rings (SSSR count). The van der Waals surface area contributed by atoms with Gasteiger partial charge in [-0.15, -0.1) is 11.8 Å². The van der Waals surface area contributed by atoms with Gasteiger partial charge in [0.1, 0.15) is 66.2 Å². The van der Waals surface area contributed by atoms with Crippen molar-refractivity contribution in [1.29, 1.82) is 0 Å². The van der Waals surface area contributed by atoms with Gasteiger partial charge >= 0.3 is 5.97 Å². The summed E-state index contributed by atoms with van der Waals surface area (Å²) in [7, 11) is 0. The fraction of sp³-hybridized carbons (Fsp3) is 0.569. The molecule has 2 aliphatic rings. The molecule has 568 valence electrons. The van der Waals surface area contributed by atoms with Gasteiger partial charge in [-0.3, -0.25) is 77.1 Å². The molecule has 0 aliphatic carbocycles. The molecule has 2 saturated heterocycles. The number of phenolic OH excluding ortho intramolecular Hbond substituents is 1. The van der Waals surface area contributed by atoms with Crippen molar-refractivity contribution in [3.05, 3.63) is 65.7 Å². The number of aromatic hydroxyl groups is 1. The van der Waals surface area contributed by atoms with Crippen molar-refractivity contribution in [1.82, 2.24) is 63.4 Å². The molecule has 0 radical (unpaired) electrons. The second-order valence-electron chi connectivity index (χ2n) is 25.2. The van der Waals surface area contributed by atoms with Gasteiger partial charge in [0.05, 0.1) is 25.3 Å². The summed E-state index contributed by atoms with van der Waals surface area (Å²) < 4.78 is 0. The topological polar surface area (TPSA) is 622 Å². The van der Waals surface area contributed by atoms with Crippen LogP contribution in [0.1, 0.15) is 108 Å². The van der Waals surface area contributed by atoms with Crippen molar-refractivity contribution in [2.75, 3.05) is 57.3 Å². The van der Waals surface area contributed by atoms with Gasteiger partial charge in [0.15, 0.2) is 11.9 Å². The van der Waals surface area contributed by atoms with E-state index < -0.39 is 168 Å². The monoisotopic (exact) mass is 1460 g/mol. The number of carbonyl (C=O) groups is 14. The van der Waals surface area contributed by atoms with Crippen LogP contribution in [-0.4, -0.2) is 228 Å². The first kappa shape index (κ1) is 85.0. The summed E-state index contributed by atoms with van der Waals surface area (Å²) in [6.07, 6.45) is -0.812. The maximum atomic E-state index is 15.0. The third-order valence-electron chi connectivity index (χ3n) is 16.2. The molecule has 103 heavy (non-hydrogen) atoms. The fourth-order valence-corrected chi connectivity index (χ4v) is 11.9. The van der Waals surface area contributed by atoms with E-state index in [0.717, 1.165) is 11.8 Å². The van der Waals surface area contributed by atoms with Crippen LogP contribution >= 0.6 is 11.8 Å². The second-order valence-corrected chi connectivity index (χ2v) is 26.2. The molecule has 27 N–H and O–H groups in total. The minimum absolute atomic E-state index is 0.000152. The Balaban J connectivity index is 1.82. The number of hydrogen-bond donors (Lipinski definition) is 20. The van der Waals surface area contributed by atoms with Crippen molar-refractivity contribution in [2.24, 2.45) is 56.0 Å². The first-order valence-corrected chi connectivity index (χ1v) is 35.1. The van der Waals surface area contributed by atoms with Crippen LogP contribution in [0.25, 0.3) is 0 Å². The van der Waals surface area contributed by atoms with Crippen LogP contribution in [0.2, 0.25) is 0 Å². The average molecular weight is 1460 g/mol. The molecule has 2 heterocycles. The number of carbonyl (C=O) groups excluding carboxylic acids is 13. The van der Waals surface area contributed by atoms with Gasteiger partial charge in [-0.05, 0) is 119 Å². The normalized spacial score (nSPS) is 23.4. The lowest BCUT2D eigenvalue weighted by Crippen LogP contribution is -2.61. The number of rotatable bonds is 24. The molecule has 2 fully saturated rings. The molecule has 38 heteroatoms. The van der Waals surface area contributed by atoms with Gasteiger partial charge < -0.3 is 114 Å². The highest BCUT2D eigenvalue weighted by Crippen LogP contribution is 2.22. The number of phenols is 1. The Morgan fingerprint density at radius 1 is 0.524 bits per heavy atom. The summed E-state index contributed by atoms with van der Waals surface area (Å²) in [5.74, 6) is -15.2. The Morgan fingerprint density at radius 2 is 1.00 bits per heavy atom. The van der Waals surface area contributed by atoms with E-state index in [4.69, 9.17) is 40.1 Å². The number of amides is 13. The van der Waals surface area contributed by atoms with Gasteiger partial charge in [0, 0.05) is 38.2 Å². The summed E-state index contributed by atoms with van der Waals surface area (Å²) in [6.45, 7) is 2.06. The lowest BCUT2D eigenvalue weighted by molar-refractivity contribution is -0.143. The summed E-state index contributed by atoms with van der Waals surface area (Å²) in [6, 6.07) is -0.519. The highest BCUT2D eigenvalue weighted by atomic mass is 32.2. The first-order valence-electron chi connectivity index (χ1n) is 34.0. The van der Waals surface area contributed by atoms with E-state index in [1.54, 1.807) is 44.2 Å². The van der Waals surface area contributed by atoms with Gasteiger partial charge in [-0.2, -0.15) is 0 Å². The van der Waals surface area contributed by atoms with E-state index in [2.05, 4.69) is 68.5 Å². The number of primary amides is 1. The molecular formula is C65H101N21O16S. The summed E-state index contributed by atoms with van der Waals surface area (Å²) in [4.78, 5) is 205. The standard InChI is InChI=1S/C65H101N21O16S/c1-36(2)28-44-58(97)80-42(15-8-24-67)57(96)84-46(29-37-12-4-3-5-13-37)60(99)82-43(17-10-26-74-65(71)72)63(102)86-27-11-18-49(86)62(101)81-41(14-6-7-23-66)56(95)85-47(31-53(91)92)61(100)79-40(16-9-25-73-64(69)70)55(94)76-32-50(88)75-33-51(89)78-48(54(68)93)34-103-35-52(90)77-45(59(98)83-44)30-38-19-21-39(87)22-20-38/h3-5,12-13,19-22,36,40-49,87H,6-11,14-18,23-35,66-67H2,1-2H3,(H2,68,93)(H,75,88)(H,76,94)(H,77,90)(H,78,89)(H,79,100)(H,80,97)(H,81,101)(H,82,99)(H,83,98)(H,84,96)(H,85,95)(H,91,92)(H4,69,70,73)(H4,71,72,74)/t40-,41-,42-,43-,44-,45-,46-,47-,48-,49-/m0/s1. The Labute approximate surface area is 600 Å². The molecule has 2 aliphatic heterocycles. The zero-order valence-corrected chi connectivity index (χ0v) is 58.7. The number of unbranched alkanes of at least 4 members (excludes halogenated alkanes) is 1. The van der Waals surface area contributed by atoms with Crippen LogP contribution < -0.4 is 98.6 Å². The zero-order chi connectivity index (χ0) is 76.1. The first-order chi connectivity index (χ1) is 49.0. The summed E-state index contributed by atoms with van der Waals surface area (Å²) >= 11 is 0.820. The molecule has 13 amide bonds. The number of thioether (sulfide) groups is 1. The maximum absolute atomic E-state index is 15.0. The van der Waals surface area contributed by atoms with Crippen LogP contribution in [0.15, 0.2) is 64.6 Å². The number of nitrogens with two attached hydrogens (primary N) is 7. The highest BCUT2D eigenvalue weighted by molar-refractivity contribution is 8.00. The van der Waals surface area contributed by atoms with Gasteiger partial charge in [0.2, 0.25) is 76.8 Å². The van der Waals surface area contributed by atoms with E-state index in [1.165, 1.54) is 29.2 Å². The van der Waals surface area contributed by atoms with Crippen LogP contribution in [0.3, 0.4) is 0 Å². The van der Waals surface area contributed by atoms with E-state index in [0.29, 0.717) is 17.5 Å². The number of guanidine groups is 2. The molecule has 37 nitrogen and oxygen atoms in total.